The summed E-state index contributed by atoms with van der Waals surface area (Å²) in [6.07, 6.45) is 1.62. The van der Waals surface area contributed by atoms with E-state index in [0.29, 0.717) is 11.5 Å². The Morgan fingerprint density at radius 1 is 1.40 bits per heavy atom. The van der Waals surface area contributed by atoms with Gasteiger partial charge in [-0.3, -0.25) is 4.79 Å². The smallest absolute Gasteiger partial charge is 0.223 e. The fourth-order valence-electron chi connectivity index (χ4n) is 1.69. The Kier molecular flexibility index (Phi) is 6.31. The third-order valence-corrected chi connectivity index (χ3v) is 3.26. The number of primary amides is 1. The molecule has 20 heavy (non-hydrogen) atoms. The molecule has 5 nitrogen and oxygen atoms in total. The second-order valence-corrected chi connectivity index (χ2v) is 4.96. The third-order valence-electron chi connectivity index (χ3n) is 3.26. The number of methoxy groups -OCH3 is 1. The van der Waals surface area contributed by atoms with Gasteiger partial charge in [-0.1, -0.05) is 19.9 Å². The summed E-state index contributed by atoms with van der Waals surface area (Å²) in [6, 6.07) is 5.71. The van der Waals surface area contributed by atoms with Gasteiger partial charge in [0.1, 0.15) is 11.5 Å². The number of rotatable bonds is 8. The molecule has 5 heteroatoms. The van der Waals surface area contributed by atoms with Crippen molar-refractivity contribution in [3.8, 4) is 11.5 Å². The van der Waals surface area contributed by atoms with Crippen LogP contribution < -0.4 is 20.9 Å². The lowest BCUT2D eigenvalue weighted by molar-refractivity contribution is -0.122. The van der Waals surface area contributed by atoms with E-state index in [4.69, 9.17) is 20.9 Å². The van der Waals surface area contributed by atoms with E-state index < -0.39 is 0 Å². The monoisotopic (exact) mass is 280 g/mol. The minimum atomic E-state index is -0.375. The van der Waals surface area contributed by atoms with Gasteiger partial charge in [0.2, 0.25) is 5.91 Å². The molecule has 2 unspecified atom stereocenters. The van der Waals surface area contributed by atoms with E-state index >= 15 is 0 Å². The van der Waals surface area contributed by atoms with Crippen molar-refractivity contribution in [3.63, 3.8) is 0 Å². The average molecular weight is 280 g/mol. The van der Waals surface area contributed by atoms with Gasteiger partial charge < -0.3 is 20.9 Å². The average Bonchev–Trinajstić information content (AvgIpc) is 2.45. The molecule has 0 aromatic heterocycles. The second kappa shape index (κ2) is 7.75. The maximum absolute atomic E-state index is 11.1. The van der Waals surface area contributed by atoms with Crippen LogP contribution in [0.5, 0.6) is 11.5 Å². The zero-order chi connectivity index (χ0) is 15.1. The normalized spacial score (nSPS) is 13.6. The van der Waals surface area contributed by atoms with Crippen LogP contribution >= 0.6 is 0 Å². The first-order valence-corrected chi connectivity index (χ1v) is 6.82. The van der Waals surface area contributed by atoms with Crippen molar-refractivity contribution < 1.29 is 14.3 Å². The molecule has 0 radical (unpaired) electrons. The van der Waals surface area contributed by atoms with Crippen LogP contribution in [0.25, 0.3) is 0 Å². The number of nitrogens with two attached hydrogens (primary N) is 2. The summed E-state index contributed by atoms with van der Waals surface area (Å²) in [5.41, 5.74) is 12.2. The molecule has 0 bridgehead atoms. The lowest BCUT2D eigenvalue weighted by Gasteiger charge is -2.17. The molecule has 0 aliphatic carbocycles. The van der Waals surface area contributed by atoms with Gasteiger partial charge >= 0.3 is 0 Å². The Morgan fingerprint density at radius 3 is 2.65 bits per heavy atom. The van der Waals surface area contributed by atoms with Crippen LogP contribution in [-0.4, -0.2) is 25.7 Å². The van der Waals surface area contributed by atoms with Crippen LogP contribution in [0, 0.1) is 5.92 Å². The highest BCUT2D eigenvalue weighted by molar-refractivity contribution is 5.76. The van der Waals surface area contributed by atoms with Gasteiger partial charge in [-0.2, -0.15) is 0 Å². The summed E-state index contributed by atoms with van der Waals surface area (Å²) in [5.74, 6) is 0.690. The van der Waals surface area contributed by atoms with E-state index in [1.807, 2.05) is 25.1 Å². The molecule has 2 atom stereocenters. The van der Waals surface area contributed by atoms with Crippen LogP contribution in [0.3, 0.4) is 0 Å². The first kappa shape index (κ1) is 16.3. The molecule has 0 spiro atoms. The molecule has 1 amide bonds. The Labute approximate surface area is 120 Å². The van der Waals surface area contributed by atoms with Crippen LogP contribution in [0.15, 0.2) is 18.2 Å². The number of amides is 1. The summed E-state index contributed by atoms with van der Waals surface area (Å²) >= 11 is 0. The SMILES string of the molecule is CCC(N)Cc1ccc(OC)cc1OCC(C)C(N)=O. The molecular formula is C15H24N2O3. The molecule has 1 aromatic rings. The van der Waals surface area contributed by atoms with E-state index in [1.165, 1.54) is 0 Å². The Bertz CT molecular complexity index is 449. The first-order valence-electron chi connectivity index (χ1n) is 6.82. The maximum Gasteiger partial charge on any atom is 0.223 e. The first-order chi connectivity index (χ1) is 9.47. The van der Waals surface area contributed by atoms with Crippen molar-refractivity contribution in [1.29, 1.82) is 0 Å². The minimum absolute atomic E-state index is 0.0827. The van der Waals surface area contributed by atoms with Crippen molar-refractivity contribution >= 4 is 5.91 Å². The largest absolute Gasteiger partial charge is 0.497 e. The fraction of sp³-hybridized carbons (Fsp3) is 0.533. The number of ether oxygens (including phenoxy) is 2. The van der Waals surface area contributed by atoms with Crippen LogP contribution in [0.1, 0.15) is 25.8 Å². The quantitative estimate of drug-likeness (QED) is 0.755. The minimum Gasteiger partial charge on any atom is -0.497 e. The zero-order valence-electron chi connectivity index (χ0n) is 12.4. The molecule has 1 aromatic carbocycles. The number of hydrogen-bond acceptors (Lipinski definition) is 4. The lowest BCUT2D eigenvalue weighted by atomic mass is 10.0. The topological polar surface area (TPSA) is 87.6 Å². The van der Waals surface area contributed by atoms with Gasteiger partial charge in [0.25, 0.3) is 0 Å². The summed E-state index contributed by atoms with van der Waals surface area (Å²) < 4.78 is 10.9. The predicted molar refractivity (Wildman–Crippen MR) is 78.8 cm³/mol. The van der Waals surface area contributed by atoms with E-state index in [9.17, 15) is 4.79 Å². The molecule has 0 aliphatic heterocycles. The highest BCUT2D eigenvalue weighted by Crippen LogP contribution is 2.26. The molecule has 1 rings (SSSR count). The molecule has 0 saturated heterocycles. The molecule has 112 valence electrons. The van der Waals surface area contributed by atoms with Gasteiger partial charge in [-0.25, -0.2) is 0 Å². The summed E-state index contributed by atoms with van der Waals surface area (Å²) in [7, 11) is 1.60. The van der Waals surface area contributed by atoms with E-state index in [1.54, 1.807) is 14.0 Å². The van der Waals surface area contributed by atoms with Crippen molar-refractivity contribution in [2.24, 2.45) is 17.4 Å². The van der Waals surface area contributed by atoms with Crippen molar-refractivity contribution in [2.45, 2.75) is 32.7 Å². The second-order valence-electron chi connectivity index (χ2n) is 4.96. The van der Waals surface area contributed by atoms with Crippen LogP contribution in [0.4, 0.5) is 0 Å². The van der Waals surface area contributed by atoms with Crippen LogP contribution in [0.2, 0.25) is 0 Å². The van der Waals surface area contributed by atoms with Crippen molar-refractivity contribution in [2.75, 3.05) is 13.7 Å². The van der Waals surface area contributed by atoms with E-state index in [2.05, 4.69) is 0 Å². The van der Waals surface area contributed by atoms with Gasteiger partial charge in [0, 0.05) is 12.1 Å². The van der Waals surface area contributed by atoms with Gasteiger partial charge in [-0.15, -0.1) is 0 Å². The zero-order valence-corrected chi connectivity index (χ0v) is 12.4. The number of carbonyl (C=O) groups excluding carboxylic acids is 1. The Balaban J connectivity index is 2.85. The standard InChI is InChI=1S/C15H24N2O3/c1-4-12(16)7-11-5-6-13(19-3)8-14(11)20-9-10(2)15(17)18/h5-6,8,10,12H,4,7,9,16H2,1-3H3,(H2,17,18). The maximum atomic E-state index is 11.1. The Hall–Kier alpha value is -1.75. The van der Waals surface area contributed by atoms with Gasteiger partial charge in [0.15, 0.2) is 0 Å². The highest BCUT2D eigenvalue weighted by Gasteiger charge is 2.13. The molecule has 0 saturated carbocycles. The number of carbonyl (C=O) groups is 1. The number of hydrogen-bond donors (Lipinski definition) is 2. The number of benzene rings is 1. The predicted octanol–water partition coefficient (Wildman–Crippen LogP) is 1.48. The molecule has 0 heterocycles. The Morgan fingerprint density at radius 2 is 2.10 bits per heavy atom. The molecule has 0 fully saturated rings. The van der Waals surface area contributed by atoms with Crippen molar-refractivity contribution in [1.82, 2.24) is 0 Å². The van der Waals surface area contributed by atoms with E-state index in [0.717, 1.165) is 18.4 Å². The summed E-state index contributed by atoms with van der Waals surface area (Å²) in [4.78, 5) is 11.1. The molecule has 0 aliphatic rings. The molecular weight excluding hydrogens is 256 g/mol. The molecule has 4 N–H and O–H groups in total. The third kappa shape index (κ3) is 4.74. The summed E-state index contributed by atoms with van der Waals surface area (Å²) in [6.45, 7) is 4.03. The highest BCUT2D eigenvalue weighted by atomic mass is 16.5. The van der Waals surface area contributed by atoms with Gasteiger partial charge in [-0.05, 0) is 24.5 Å². The fourth-order valence-corrected chi connectivity index (χ4v) is 1.69. The van der Waals surface area contributed by atoms with Crippen molar-refractivity contribution in [3.05, 3.63) is 23.8 Å². The van der Waals surface area contributed by atoms with E-state index in [-0.39, 0.29) is 24.5 Å². The lowest BCUT2D eigenvalue weighted by Crippen LogP contribution is -2.26. The van der Waals surface area contributed by atoms with Crippen LogP contribution in [-0.2, 0) is 11.2 Å². The summed E-state index contributed by atoms with van der Waals surface area (Å²) in [5, 5.41) is 0. The van der Waals surface area contributed by atoms with Gasteiger partial charge in [0.05, 0.1) is 19.6 Å².